The number of nitrogens with zero attached hydrogens (tertiary/aromatic N) is 1. The van der Waals surface area contributed by atoms with E-state index in [1.54, 1.807) is 6.33 Å². The van der Waals surface area contributed by atoms with Crippen molar-refractivity contribution in [2.45, 2.75) is 13.5 Å². The van der Waals surface area contributed by atoms with Gasteiger partial charge in [0.25, 0.3) is 0 Å². The molecular formula is C9H11N3. The van der Waals surface area contributed by atoms with E-state index in [-0.39, 0.29) is 0 Å². The van der Waals surface area contributed by atoms with Gasteiger partial charge in [-0.2, -0.15) is 0 Å². The predicted molar refractivity (Wildman–Crippen MR) is 48.7 cm³/mol. The van der Waals surface area contributed by atoms with Crippen LogP contribution in [0.2, 0.25) is 0 Å². The van der Waals surface area contributed by atoms with Gasteiger partial charge < -0.3 is 10.7 Å². The molecule has 1 heterocycles. The molecule has 3 nitrogen and oxygen atoms in total. The average Bonchev–Trinajstić information content (AvgIpc) is 2.53. The number of nitrogens with one attached hydrogen (secondary N) is 1. The van der Waals surface area contributed by atoms with Crippen LogP contribution in [-0.4, -0.2) is 9.97 Å². The van der Waals surface area contributed by atoms with Crippen LogP contribution in [0, 0.1) is 6.92 Å². The molecule has 0 amide bonds. The number of aromatic nitrogens is 2. The number of aromatic amines is 1. The average molecular weight is 161 g/mol. The number of H-pyrrole nitrogens is 1. The Morgan fingerprint density at radius 1 is 1.50 bits per heavy atom. The third-order valence-electron chi connectivity index (χ3n) is 2.18. The molecule has 0 unspecified atom stereocenters. The van der Waals surface area contributed by atoms with Crippen LogP contribution in [0.5, 0.6) is 0 Å². The molecule has 62 valence electrons. The smallest absolute Gasteiger partial charge is 0.0931 e. The Bertz CT molecular complexity index is 403. The zero-order chi connectivity index (χ0) is 8.55. The molecule has 0 saturated heterocycles. The fourth-order valence-corrected chi connectivity index (χ4v) is 1.41. The zero-order valence-electron chi connectivity index (χ0n) is 6.96. The molecule has 0 atom stereocenters. The second kappa shape index (κ2) is 2.60. The Kier molecular flexibility index (Phi) is 1.59. The Balaban J connectivity index is 2.78. The summed E-state index contributed by atoms with van der Waals surface area (Å²) in [5.74, 6) is 0. The fraction of sp³-hybridized carbons (Fsp3) is 0.222. The Morgan fingerprint density at radius 3 is 3.08 bits per heavy atom. The number of nitrogens with two attached hydrogens (primary N) is 1. The first kappa shape index (κ1) is 7.31. The second-order valence-electron chi connectivity index (χ2n) is 2.85. The quantitative estimate of drug-likeness (QED) is 0.663. The molecule has 0 aliphatic rings. The lowest BCUT2D eigenvalue weighted by molar-refractivity contribution is 1.05. The predicted octanol–water partition coefficient (Wildman–Crippen LogP) is 1.33. The minimum Gasteiger partial charge on any atom is -0.345 e. The van der Waals surface area contributed by atoms with Crippen LogP contribution in [0.25, 0.3) is 11.0 Å². The molecule has 0 aliphatic heterocycles. The first-order chi connectivity index (χ1) is 5.83. The molecule has 0 bridgehead atoms. The van der Waals surface area contributed by atoms with Crippen molar-refractivity contribution in [3.63, 3.8) is 0 Å². The maximum atomic E-state index is 5.57. The fourth-order valence-electron chi connectivity index (χ4n) is 1.41. The van der Waals surface area contributed by atoms with Gasteiger partial charge in [-0.1, -0.05) is 6.07 Å². The van der Waals surface area contributed by atoms with Crippen LogP contribution in [0.3, 0.4) is 0 Å². The summed E-state index contributed by atoms with van der Waals surface area (Å²) in [7, 11) is 0. The van der Waals surface area contributed by atoms with Gasteiger partial charge in [0.2, 0.25) is 0 Å². The van der Waals surface area contributed by atoms with Crippen molar-refractivity contribution in [1.29, 1.82) is 0 Å². The third-order valence-corrected chi connectivity index (χ3v) is 2.18. The number of hydrogen-bond acceptors (Lipinski definition) is 2. The van der Waals surface area contributed by atoms with E-state index in [9.17, 15) is 0 Å². The van der Waals surface area contributed by atoms with Gasteiger partial charge in [-0.25, -0.2) is 4.98 Å². The van der Waals surface area contributed by atoms with Crippen LogP contribution in [0.4, 0.5) is 0 Å². The molecule has 3 heteroatoms. The molecule has 0 fully saturated rings. The Hall–Kier alpha value is -1.35. The summed E-state index contributed by atoms with van der Waals surface area (Å²) in [5, 5.41) is 0. The van der Waals surface area contributed by atoms with Gasteiger partial charge in [0.05, 0.1) is 17.4 Å². The molecule has 2 aromatic rings. The van der Waals surface area contributed by atoms with Crippen LogP contribution < -0.4 is 5.73 Å². The molecule has 1 aromatic heterocycles. The summed E-state index contributed by atoms with van der Waals surface area (Å²) in [5.41, 5.74) is 10.0. The van der Waals surface area contributed by atoms with E-state index >= 15 is 0 Å². The topological polar surface area (TPSA) is 54.7 Å². The van der Waals surface area contributed by atoms with E-state index in [0.717, 1.165) is 16.6 Å². The number of rotatable bonds is 1. The highest BCUT2D eigenvalue weighted by molar-refractivity contribution is 5.79. The van der Waals surface area contributed by atoms with Gasteiger partial charge in [-0.3, -0.25) is 0 Å². The summed E-state index contributed by atoms with van der Waals surface area (Å²) in [4.78, 5) is 7.28. The first-order valence-electron chi connectivity index (χ1n) is 3.94. The van der Waals surface area contributed by atoms with Crippen molar-refractivity contribution in [1.82, 2.24) is 9.97 Å². The molecule has 0 radical (unpaired) electrons. The summed E-state index contributed by atoms with van der Waals surface area (Å²) in [6.07, 6.45) is 1.71. The minimum atomic E-state index is 0.578. The van der Waals surface area contributed by atoms with Crippen LogP contribution >= 0.6 is 0 Å². The number of imidazole rings is 1. The van der Waals surface area contributed by atoms with Crippen molar-refractivity contribution in [3.8, 4) is 0 Å². The van der Waals surface area contributed by atoms with Crippen molar-refractivity contribution in [2.75, 3.05) is 0 Å². The van der Waals surface area contributed by atoms with E-state index < -0.39 is 0 Å². The summed E-state index contributed by atoms with van der Waals surface area (Å²) < 4.78 is 0. The number of benzene rings is 1. The monoisotopic (exact) mass is 161 g/mol. The lowest BCUT2D eigenvalue weighted by atomic mass is 10.1. The molecule has 3 N–H and O–H groups in total. The lowest BCUT2D eigenvalue weighted by Gasteiger charge is -2.01. The Morgan fingerprint density at radius 2 is 2.33 bits per heavy atom. The summed E-state index contributed by atoms with van der Waals surface area (Å²) >= 11 is 0. The van der Waals surface area contributed by atoms with Crippen molar-refractivity contribution in [3.05, 3.63) is 29.6 Å². The maximum absolute atomic E-state index is 5.57. The van der Waals surface area contributed by atoms with Gasteiger partial charge in [-0.15, -0.1) is 0 Å². The standard InChI is InChI=1S/C9H11N3/c1-6-7(4-10)2-3-8-9(6)12-5-11-8/h2-3,5H,4,10H2,1H3,(H,11,12). The summed E-state index contributed by atoms with van der Waals surface area (Å²) in [6.45, 7) is 2.62. The van der Waals surface area contributed by atoms with Gasteiger partial charge in [0, 0.05) is 6.54 Å². The van der Waals surface area contributed by atoms with Crippen molar-refractivity contribution >= 4 is 11.0 Å². The van der Waals surface area contributed by atoms with Crippen molar-refractivity contribution in [2.24, 2.45) is 5.73 Å². The number of aryl methyl sites for hydroxylation is 1. The third kappa shape index (κ3) is 0.905. The van der Waals surface area contributed by atoms with Gasteiger partial charge in [0.1, 0.15) is 0 Å². The number of hydrogen-bond donors (Lipinski definition) is 2. The van der Waals surface area contributed by atoms with E-state index in [4.69, 9.17) is 5.73 Å². The van der Waals surface area contributed by atoms with Crippen molar-refractivity contribution < 1.29 is 0 Å². The SMILES string of the molecule is Cc1c(CN)ccc2[nH]cnc12. The highest BCUT2D eigenvalue weighted by Crippen LogP contribution is 2.17. The molecule has 0 spiro atoms. The second-order valence-corrected chi connectivity index (χ2v) is 2.85. The lowest BCUT2D eigenvalue weighted by Crippen LogP contribution is -1.98. The van der Waals surface area contributed by atoms with E-state index in [1.807, 2.05) is 19.1 Å². The van der Waals surface area contributed by atoms with E-state index in [2.05, 4.69) is 9.97 Å². The largest absolute Gasteiger partial charge is 0.345 e. The summed E-state index contributed by atoms with van der Waals surface area (Å²) in [6, 6.07) is 4.05. The minimum absolute atomic E-state index is 0.578. The molecule has 0 saturated carbocycles. The first-order valence-corrected chi connectivity index (χ1v) is 3.94. The van der Waals surface area contributed by atoms with Gasteiger partial charge in [-0.05, 0) is 24.1 Å². The molecule has 0 aliphatic carbocycles. The van der Waals surface area contributed by atoms with Crippen LogP contribution in [-0.2, 0) is 6.54 Å². The van der Waals surface area contributed by atoms with E-state index in [0.29, 0.717) is 6.54 Å². The molecule has 12 heavy (non-hydrogen) atoms. The normalized spacial score (nSPS) is 10.8. The number of fused-ring (bicyclic) bond motifs is 1. The zero-order valence-corrected chi connectivity index (χ0v) is 6.96. The maximum Gasteiger partial charge on any atom is 0.0931 e. The highest BCUT2D eigenvalue weighted by Gasteiger charge is 2.02. The van der Waals surface area contributed by atoms with Gasteiger partial charge >= 0.3 is 0 Å². The van der Waals surface area contributed by atoms with Crippen LogP contribution in [0.15, 0.2) is 18.5 Å². The van der Waals surface area contributed by atoms with E-state index in [1.165, 1.54) is 5.56 Å². The van der Waals surface area contributed by atoms with Crippen LogP contribution in [0.1, 0.15) is 11.1 Å². The molecule has 1 aromatic carbocycles. The van der Waals surface area contributed by atoms with Gasteiger partial charge in [0.15, 0.2) is 0 Å². The Labute approximate surface area is 70.6 Å². The molecule has 2 rings (SSSR count). The highest BCUT2D eigenvalue weighted by atomic mass is 14.9. The molecular weight excluding hydrogens is 150 g/mol.